The second kappa shape index (κ2) is 10.7. The molecule has 0 atom stereocenters. The standard InChI is InChI=1S/C20H14N4.C5H5NO3S.Ca.2H/c1-2-14-10-16-5-6-18(23-16)12-20-8-7-19(24-20)11-17-4-3-15(22-17)9-13(1)21-14;7-10(8,9)5-3-1-2-4-6-5;;;/h1-12,21-22H;1-4H,(H,7,8,9);;;/q;;+2;2*-1. The van der Waals surface area contributed by atoms with Gasteiger partial charge in [0.25, 0.3) is 0 Å². The number of hydrogen-bond donors (Lipinski definition) is 3. The Hall–Kier alpha value is -3.08. The summed E-state index contributed by atoms with van der Waals surface area (Å²) in [7, 11) is -4.11. The number of nitrogens with one attached hydrogen (secondary N) is 2. The molecule has 4 aromatic rings. The summed E-state index contributed by atoms with van der Waals surface area (Å²) in [5, 5.41) is -0.324. The molecule has 0 aliphatic carbocycles. The molecule has 172 valence electrons. The van der Waals surface area contributed by atoms with Gasteiger partial charge in [-0.15, -0.1) is 0 Å². The molecular weight excluding hydrogens is 490 g/mol. The SMILES string of the molecule is C1=Cc2cc3ccc(cc4ccc(cc5nc(cc1n2)C=C5)[nH]4)[nH]3.O=S(=O)(O)c1ccccn1.[Ca+2].[H-].[H-]. The van der Waals surface area contributed by atoms with Gasteiger partial charge in [-0.05, 0) is 85.0 Å². The molecule has 0 radical (unpaired) electrons. The zero-order valence-electron chi connectivity index (χ0n) is 20.5. The minimum Gasteiger partial charge on any atom is -1.00 e. The van der Waals surface area contributed by atoms with Crippen molar-refractivity contribution >= 4 is 94.2 Å². The normalized spacial score (nSPS) is 11.9. The maximum atomic E-state index is 10.3. The second-order valence-electron chi connectivity index (χ2n) is 7.55. The summed E-state index contributed by atoms with van der Waals surface area (Å²) in [6.45, 7) is 0. The first kappa shape index (κ1) is 25.0. The predicted molar refractivity (Wildman–Crippen MR) is 141 cm³/mol. The van der Waals surface area contributed by atoms with Gasteiger partial charge in [0.2, 0.25) is 0 Å². The van der Waals surface area contributed by atoms with E-state index in [-0.39, 0.29) is 45.6 Å². The Morgan fingerprint density at radius 3 is 1.51 bits per heavy atom. The van der Waals surface area contributed by atoms with Crippen molar-refractivity contribution < 1.29 is 15.8 Å². The molecule has 0 amide bonds. The van der Waals surface area contributed by atoms with E-state index in [0.29, 0.717) is 0 Å². The Labute approximate surface area is 234 Å². The summed E-state index contributed by atoms with van der Waals surface area (Å²) in [5.74, 6) is 0. The molecule has 2 aliphatic heterocycles. The van der Waals surface area contributed by atoms with E-state index >= 15 is 0 Å². The van der Waals surface area contributed by atoms with Gasteiger partial charge >= 0.3 is 47.9 Å². The van der Waals surface area contributed by atoms with Crippen molar-refractivity contribution in [3.8, 4) is 0 Å². The van der Waals surface area contributed by atoms with Gasteiger partial charge in [0, 0.05) is 28.3 Å². The van der Waals surface area contributed by atoms with E-state index in [1.54, 1.807) is 6.07 Å². The Balaban J connectivity index is 0.000000320. The maximum Gasteiger partial charge on any atom is 2.00 e. The van der Waals surface area contributed by atoms with Crippen LogP contribution in [-0.2, 0) is 10.1 Å². The summed E-state index contributed by atoms with van der Waals surface area (Å²) in [5.41, 5.74) is 7.86. The molecule has 8 nitrogen and oxygen atoms in total. The van der Waals surface area contributed by atoms with E-state index in [0.717, 1.165) is 44.8 Å². The van der Waals surface area contributed by atoms with Crippen LogP contribution in [0.15, 0.2) is 78.0 Å². The molecule has 0 aromatic carbocycles. The molecule has 6 heterocycles. The fourth-order valence-corrected chi connectivity index (χ4v) is 3.89. The number of rotatable bonds is 1. The summed E-state index contributed by atoms with van der Waals surface area (Å²) in [6.07, 6.45) is 9.34. The van der Waals surface area contributed by atoms with E-state index in [1.165, 1.54) is 18.3 Å². The first-order valence-corrected chi connectivity index (χ1v) is 11.8. The van der Waals surface area contributed by atoms with Crippen LogP contribution in [0.1, 0.15) is 25.6 Å². The first-order valence-electron chi connectivity index (χ1n) is 10.3. The maximum absolute atomic E-state index is 10.3. The summed E-state index contributed by atoms with van der Waals surface area (Å²) >= 11 is 0. The third-order valence-electron chi connectivity index (χ3n) is 4.94. The van der Waals surface area contributed by atoms with E-state index in [9.17, 15) is 8.42 Å². The number of aromatic nitrogens is 5. The predicted octanol–water partition coefficient (Wildman–Crippen LogP) is 4.83. The van der Waals surface area contributed by atoms with Crippen LogP contribution in [0.25, 0.3) is 46.4 Å². The van der Waals surface area contributed by atoms with Gasteiger partial charge < -0.3 is 12.8 Å². The zero-order valence-corrected chi connectivity index (χ0v) is 21.5. The largest absolute Gasteiger partial charge is 2.00 e. The Morgan fingerprint density at radius 1 is 0.657 bits per heavy atom. The number of fused-ring (bicyclic) bond motifs is 8. The molecule has 0 spiro atoms. The summed E-state index contributed by atoms with van der Waals surface area (Å²) in [6, 6.07) is 20.7. The number of hydrogen-bond acceptors (Lipinski definition) is 5. The van der Waals surface area contributed by atoms with Crippen molar-refractivity contribution in [1.82, 2.24) is 24.9 Å². The van der Waals surface area contributed by atoms with E-state index in [2.05, 4.69) is 55.3 Å². The number of H-pyrrole nitrogens is 2. The third kappa shape index (κ3) is 6.53. The minimum atomic E-state index is -4.11. The molecule has 3 N–H and O–H groups in total. The van der Waals surface area contributed by atoms with Gasteiger partial charge in [-0.25, -0.2) is 15.0 Å². The van der Waals surface area contributed by atoms with Gasteiger partial charge in [0.1, 0.15) is 0 Å². The third-order valence-corrected chi connectivity index (χ3v) is 5.71. The molecule has 10 heteroatoms. The van der Waals surface area contributed by atoms with Crippen LogP contribution in [-0.4, -0.2) is 75.6 Å². The van der Waals surface area contributed by atoms with Crippen LogP contribution in [0, 0.1) is 0 Å². The molecule has 4 aromatic heterocycles. The number of nitrogens with zero attached hydrogens (tertiary/aromatic N) is 3. The van der Waals surface area contributed by atoms with Gasteiger partial charge in [-0.2, -0.15) is 8.42 Å². The van der Waals surface area contributed by atoms with E-state index in [1.807, 2.05) is 42.5 Å². The number of pyridine rings is 1. The zero-order chi connectivity index (χ0) is 23.5. The van der Waals surface area contributed by atoms with Crippen molar-refractivity contribution in [2.45, 2.75) is 5.03 Å². The molecule has 2 aliphatic rings. The molecule has 35 heavy (non-hydrogen) atoms. The molecule has 0 saturated carbocycles. The average Bonchev–Trinajstić information content (AvgIpc) is 3.60. The Bertz CT molecular complexity index is 1610. The minimum absolute atomic E-state index is 0. The van der Waals surface area contributed by atoms with Crippen molar-refractivity contribution in [1.29, 1.82) is 0 Å². The average molecular weight is 512 g/mol. The monoisotopic (exact) mass is 511 g/mol. The fraction of sp³-hybridized carbons (Fsp3) is 0. The van der Waals surface area contributed by atoms with Crippen LogP contribution >= 0.6 is 0 Å². The van der Waals surface area contributed by atoms with E-state index < -0.39 is 10.1 Å². The molecule has 8 bridgehead atoms. The summed E-state index contributed by atoms with van der Waals surface area (Å²) < 4.78 is 29.1. The molecule has 0 unspecified atom stereocenters. The van der Waals surface area contributed by atoms with Crippen LogP contribution in [0.5, 0.6) is 0 Å². The van der Waals surface area contributed by atoms with Crippen LogP contribution in [0.3, 0.4) is 0 Å². The van der Waals surface area contributed by atoms with Crippen molar-refractivity contribution in [3.63, 3.8) is 0 Å². The van der Waals surface area contributed by atoms with Gasteiger partial charge in [0.15, 0.2) is 5.03 Å². The van der Waals surface area contributed by atoms with Crippen LogP contribution in [0.4, 0.5) is 0 Å². The molecule has 0 saturated heterocycles. The first-order chi connectivity index (χ1) is 16.4. The summed E-state index contributed by atoms with van der Waals surface area (Å²) in [4.78, 5) is 19.4. The van der Waals surface area contributed by atoms with Crippen LogP contribution in [0.2, 0.25) is 0 Å². The molecule has 6 rings (SSSR count). The number of aromatic amines is 2. The van der Waals surface area contributed by atoms with Gasteiger partial charge in [0.05, 0.1) is 22.8 Å². The Kier molecular flexibility index (Phi) is 7.63. The van der Waals surface area contributed by atoms with Crippen molar-refractivity contribution in [2.75, 3.05) is 0 Å². The topological polar surface area (TPSA) is 125 Å². The Morgan fingerprint density at radius 2 is 1.11 bits per heavy atom. The van der Waals surface area contributed by atoms with Gasteiger partial charge in [-0.1, -0.05) is 6.07 Å². The van der Waals surface area contributed by atoms with Crippen molar-refractivity contribution in [3.05, 3.63) is 95.7 Å². The van der Waals surface area contributed by atoms with Gasteiger partial charge in [-0.3, -0.25) is 4.55 Å². The molecule has 0 fully saturated rings. The van der Waals surface area contributed by atoms with E-state index in [4.69, 9.17) is 4.55 Å². The second-order valence-corrected chi connectivity index (χ2v) is 8.92. The van der Waals surface area contributed by atoms with Crippen molar-refractivity contribution in [2.24, 2.45) is 0 Å². The van der Waals surface area contributed by atoms with Crippen LogP contribution < -0.4 is 0 Å². The molecular formula is C25H21CaN5O3S. The quantitative estimate of drug-likeness (QED) is 0.215. The fourth-order valence-electron chi connectivity index (χ4n) is 3.44. The smallest absolute Gasteiger partial charge is 1.00 e.